The minimum atomic E-state index is -4.12. The summed E-state index contributed by atoms with van der Waals surface area (Å²) in [6.45, 7) is 2.11. The van der Waals surface area contributed by atoms with Gasteiger partial charge in [0.15, 0.2) is 0 Å². The molecule has 3 nitrogen and oxygen atoms in total. The Bertz CT molecular complexity index is 260. The predicted octanol–water partition coefficient (Wildman–Crippen LogP) is 1.82. The molecule has 1 amide bonds. The fourth-order valence-electron chi connectivity index (χ4n) is 2.10. The number of rotatable bonds is 3. The Balaban J connectivity index is 2.39. The minimum absolute atomic E-state index is 0.0542. The molecule has 0 aromatic rings. The Morgan fingerprint density at radius 3 is 2.29 bits per heavy atom. The number of carbonyl (C=O) groups is 1. The lowest BCUT2D eigenvalue weighted by Gasteiger charge is -2.29. The van der Waals surface area contributed by atoms with E-state index in [1.807, 2.05) is 0 Å². The van der Waals surface area contributed by atoms with Crippen LogP contribution in [-0.2, 0) is 4.79 Å². The summed E-state index contributed by atoms with van der Waals surface area (Å²) >= 11 is 0. The normalized spacial score (nSPS) is 27.6. The van der Waals surface area contributed by atoms with Gasteiger partial charge in [-0.1, -0.05) is 0 Å². The molecule has 0 aromatic carbocycles. The Hall–Kier alpha value is -0.780. The quantitative estimate of drug-likeness (QED) is 0.805. The molecule has 0 saturated heterocycles. The second-order valence-corrected chi connectivity index (χ2v) is 4.74. The van der Waals surface area contributed by atoms with Crippen LogP contribution in [0.1, 0.15) is 32.6 Å². The number of hydrogen-bond acceptors (Lipinski definition) is 2. The molecule has 17 heavy (non-hydrogen) atoms. The maximum Gasteiger partial charge on any atom is 0.391 e. The van der Waals surface area contributed by atoms with Crippen molar-refractivity contribution < 1.29 is 18.0 Å². The standard InChI is InChI=1S/C11H19F3N2O/c1-7(6-15)16-10(17)8-2-4-9(5-3-8)11(12,13)14/h7-9H,2-6,15H2,1H3,(H,16,17). The molecular formula is C11H19F3N2O. The molecule has 1 aliphatic carbocycles. The van der Waals surface area contributed by atoms with Crippen LogP contribution in [0.4, 0.5) is 13.2 Å². The zero-order valence-corrected chi connectivity index (χ0v) is 9.89. The van der Waals surface area contributed by atoms with Crippen molar-refractivity contribution in [1.82, 2.24) is 5.32 Å². The fraction of sp³-hybridized carbons (Fsp3) is 0.909. The van der Waals surface area contributed by atoms with Crippen molar-refractivity contribution in [3.63, 3.8) is 0 Å². The summed E-state index contributed by atoms with van der Waals surface area (Å²) in [5, 5.41) is 2.71. The maximum atomic E-state index is 12.4. The van der Waals surface area contributed by atoms with Crippen molar-refractivity contribution in [3.8, 4) is 0 Å². The zero-order valence-electron chi connectivity index (χ0n) is 9.89. The number of halogens is 3. The number of hydrogen-bond donors (Lipinski definition) is 2. The van der Waals surface area contributed by atoms with E-state index in [1.54, 1.807) is 6.92 Å². The van der Waals surface area contributed by atoms with Crippen molar-refractivity contribution in [2.24, 2.45) is 17.6 Å². The SMILES string of the molecule is CC(CN)NC(=O)C1CCC(C(F)(F)F)CC1. The summed E-state index contributed by atoms with van der Waals surface area (Å²) in [5.74, 6) is -1.69. The summed E-state index contributed by atoms with van der Waals surface area (Å²) in [7, 11) is 0. The average Bonchev–Trinajstić information content (AvgIpc) is 2.27. The van der Waals surface area contributed by atoms with Gasteiger partial charge in [0.05, 0.1) is 5.92 Å². The van der Waals surface area contributed by atoms with Gasteiger partial charge in [-0.3, -0.25) is 4.79 Å². The predicted molar refractivity (Wildman–Crippen MR) is 58.2 cm³/mol. The number of alkyl halides is 3. The second kappa shape index (κ2) is 5.71. The van der Waals surface area contributed by atoms with Gasteiger partial charge in [0.2, 0.25) is 5.91 Å². The molecule has 6 heteroatoms. The first-order chi connectivity index (χ1) is 7.84. The third-order valence-corrected chi connectivity index (χ3v) is 3.30. The largest absolute Gasteiger partial charge is 0.391 e. The lowest BCUT2D eigenvalue weighted by molar-refractivity contribution is -0.184. The van der Waals surface area contributed by atoms with Gasteiger partial charge in [0.1, 0.15) is 0 Å². The van der Waals surface area contributed by atoms with E-state index in [-0.39, 0.29) is 30.7 Å². The van der Waals surface area contributed by atoms with Gasteiger partial charge < -0.3 is 11.1 Å². The van der Waals surface area contributed by atoms with E-state index in [2.05, 4.69) is 5.32 Å². The van der Waals surface area contributed by atoms with Crippen molar-refractivity contribution in [1.29, 1.82) is 0 Å². The summed E-state index contributed by atoms with van der Waals surface area (Å²) in [6, 6.07) is -0.122. The van der Waals surface area contributed by atoms with E-state index >= 15 is 0 Å². The van der Waals surface area contributed by atoms with Gasteiger partial charge in [-0.05, 0) is 32.6 Å². The number of nitrogens with two attached hydrogens (primary N) is 1. The van der Waals surface area contributed by atoms with Crippen LogP contribution in [0.5, 0.6) is 0 Å². The van der Waals surface area contributed by atoms with Crippen LogP contribution in [0.15, 0.2) is 0 Å². The van der Waals surface area contributed by atoms with Crippen LogP contribution in [-0.4, -0.2) is 24.7 Å². The molecule has 1 unspecified atom stereocenters. The molecule has 1 rings (SSSR count). The van der Waals surface area contributed by atoms with Gasteiger partial charge >= 0.3 is 6.18 Å². The average molecular weight is 252 g/mol. The zero-order chi connectivity index (χ0) is 13.1. The highest BCUT2D eigenvalue weighted by molar-refractivity contribution is 5.79. The Labute approximate surface area is 98.9 Å². The van der Waals surface area contributed by atoms with E-state index in [4.69, 9.17) is 5.73 Å². The minimum Gasteiger partial charge on any atom is -0.352 e. The summed E-state index contributed by atoms with van der Waals surface area (Å²) in [4.78, 5) is 11.7. The van der Waals surface area contributed by atoms with E-state index < -0.39 is 12.1 Å². The third kappa shape index (κ3) is 4.18. The monoisotopic (exact) mass is 252 g/mol. The molecule has 100 valence electrons. The molecular weight excluding hydrogens is 233 g/mol. The van der Waals surface area contributed by atoms with Gasteiger partial charge in [-0.2, -0.15) is 13.2 Å². The van der Waals surface area contributed by atoms with Crippen LogP contribution < -0.4 is 11.1 Å². The van der Waals surface area contributed by atoms with Crippen molar-refractivity contribution in [2.75, 3.05) is 6.54 Å². The van der Waals surface area contributed by atoms with Crippen molar-refractivity contribution in [2.45, 2.75) is 44.8 Å². The second-order valence-electron chi connectivity index (χ2n) is 4.74. The van der Waals surface area contributed by atoms with Crippen molar-refractivity contribution in [3.05, 3.63) is 0 Å². The lowest BCUT2D eigenvalue weighted by Crippen LogP contribution is -2.42. The first-order valence-corrected chi connectivity index (χ1v) is 5.91. The van der Waals surface area contributed by atoms with Crippen LogP contribution in [0.25, 0.3) is 0 Å². The van der Waals surface area contributed by atoms with Crippen LogP contribution >= 0.6 is 0 Å². The molecule has 0 aliphatic heterocycles. The van der Waals surface area contributed by atoms with Crippen LogP contribution in [0.3, 0.4) is 0 Å². The molecule has 0 bridgehead atoms. The van der Waals surface area contributed by atoms with Gasteiger partial charge in [0.25, 0.3) is 0 Å². The molecule has 1 fully saturated rings. The molecule has 0 spiro atoms. The lowest BCUT2D eigenvalue weighted by atomic mass is 9.81. The first kappa shape index (κ1) is 14.3. The first-order valence-electron chi connectivity index (χ1n) is 5.91. The van der Waals surface area contributed by atoms with Gasteiger partial charge in [0, 0.05) is 18.5 Å². The van der Waals surface area contributed by atoms with E-state index in [9.17, 15) is 18.0 Å². The van der Waals surface area contributed by atoms with E-state index in [0.717, 1.165) is 0 Å². The highest BCUT2D eigenvalue weighted by Gasteiger charge is 2.42. The summed E-state index contributed by atoms with van der Waals surface area (Å²) in [5.41, 5.74) is 5.37. The number of amides is 1. The van der Waals surface area contributed by atoms with E-state index in [0.29, 0.717) is 19.4 Å². The van der Waals surface area contributed by atoms with Crippen LogP contribution in [0.2, 0.25) is 0 Å². The molecule has 0 heterocycles. The Morgan fingerprint density at radius 1 is 1.35 bits per heavy atom. The van der Waals surface area contributed by atoms with Crippen LogP contribution in [0, 0.1) is 11.8 Å². The summed E-state index contributed by atoms with van der Waals surface area (Å²) < 4.78 is 37.3. The number of carbonyl (C=O) groups excluding carboxylic acids is 1. The number of nitrogens with one attached hydrogen (secondary N) is 1. The molecule has 0 radical (unpaired) electrons. The smallest absolute Gasteiger partial charge is 0.352 e. The Kier molecular flexibility index (Phi) is 4.80. The highest BCUT2D eigenvalue weighted by Crippen LogP contribution is 2.39. The molecule has 1 atom stereocenters. The molecule has 0 aromatic heterocycles. The van der Waals surface area contributed by atoms with Gasteiger partial charge in [-0.25, -0.2) is 0 Å². The Morgan fingerprint density at radius 2 is 1.88 bits per heavy atom. The molecule has 1 aliphatic rings. The molecule has 3 N–H and O–H groups in total. The molecule has 1 saturated carbocycles. The van der Waals surface area contributed by atoms with Crippen molar-refractivity contribution >= 4 is 5.91 Å². The topological polar surface area (TPSA) is 55.1 Å². The third-order valence-electron chi connectivity index (χ3n) is 3.30. The summed E-state index contributed by atoms with van der Waals surface area (Å²) in [6.07, 6.45) is -3.39. The van der Waals surface area contributed by atoms with E-state index in [1.165, 1.54) is 0 Å². The fourth-order valence-corrected chi connectivity index (χ4v) is 2.10. The van der Waals surface area contributed by atoms with Gasteiger partial charge in [-0.15, -0.1) is 0 Å². The highest BCUT2D eigenvalue weighted by atomic mass is 19.4. The maximum absolute atomic E-state index is 12.4.